The Hall–Kier alpha value is -3.00. The number of methoxy groups -OCH3 is 1. The lowest BCUT2D eigenvalue weighted by Crippen LogP contribution is -2.17. The molecule has 0 aromatic heterocycles. The number of benzene rings is 2. The van der Waals surface area contributed by atoms with Crippen LogP contribution in [0.3, 0.4) is 0 Å². The minimum Gasteiger partial charge on any atom is -0.503 e. The summed E-state index contributed by atoms with van der Waals surface area (Å²) in [5.74, 6) is 0.873. The van der Waals surface area contributed by atoms with Crippen molar-refractivity contribution in [3.8, 4) is 23.0 Å². The maximum Gasteiger partial charge on any atom is 0.271 e. The van der Waals surface area contributed by atoms with E-state index < -0.39 is 5.91 Å². The Morgan fingerprint density at radius 2 is 2.04 bits per heavy atom. The summed E-state index contributed by atoms with van der Waals surface area (Å²) in [6.07, 6.45) is 3.07. The zero-order chi connectivity index (χ0) is 20.5. The van der Waals surface area contributed by atoms with Crippen molar-refractivity contribution in [2.45, 2.75) is 6.92 Å². The molecule has 8 heteroatoms. The van der Waals surface area contributed by atoms with Crippen molar-refractivity contribution in [3.05, 3.63) is 58.6 Å². The van der Waals surface area contributed by atoms with E-state index in [4.69, 9.17) is 14.2 Å². The second-order valence-corrected chi connectivity index (χ2v) is 6.30. The van der Waals surface area contributed by atoms with E-state index in [0.717, 1.165) is 0 Å². The third kappa shape index (κ3) is 5.50. The number of hydrazone groups is 1. The smallest absolute Gasteiger partial charge is 0.271 e. The summed E-state index contributed by atoms with van der Waals surface area (Å²) in [4.78, 5) is 12.3. The van der Waals surface area contributed by atoms with E-state index in [0.29, 0.717) is 46.1 Å². The van der Waals surface area contributed by atoms with E-state index in [-0.39, 0.29) is 5.75 Å². The molecule has 2 aromatic rings. The van der Waals surface area contributed by atoms with Crippen LogP contribution in [0.15, 0.2) is 52.6 Å². The first kappa shape index (κ1) is 21.3. The van der Waals surface area contributed by atoms with Gasteiger partial charge >= 0.3 is 0 Å². The monoisotopic (exact) mass is 448 g/mol. The Morgan fingerprint density at radius 1 is 1.25 bits per heavy atom. The molecule has 0 saturated carbocycles. The molecule has 0 saturated heterocycles. The Bertz CT molecular complexity index is 883. The van der Waals surface area contributed by atoms with E-state index in [1.165, 1.54) is 13.3 Å². The van der Waals surface area contributed by atoms with Gasteiger partial charge in [-0.2, -0.15) is 5.10 Å². The van der Waals surface area contributed by atoms with Crippen LogP contribution in [0.4, 0.5) is 0 Å². The van der Waals surface area contributed by atoms with Gasteiger partial charge < -0.3 is 19.3 Å². The van der Waals surface area contributed by atoms with Crippen LogP contribution in [0.5, 0.6) is 23.0 Å². The van der Waals surface area contributed by atoms with Gasteiger partial charge in [0.25, 0.3) is 5.91 Å². The van der Waals surface area contributed by atoms with Crippen LogP contribution in [-0.4, -0.2) is 37.6 Å². The number of aromatic hydroxyl groups is 1. The number of carbonyl (C=O) groups excluding carboxylic acids is 1. The van der Waals surface area contributed by atoms with Crippen molar-refractivity contribution >= 4 is 28.1 Å². The number of rotatable bonds is 9. The topological polar surface area (TPSA) is 89.4 Å². The summed E-state index contributed by atoms with van der Waals surface area (Å²) >= 11 is 3.23. The Labute approximate surface area is 171 Å². The van der Waals surface area contributed by atoms with Crippen LogP contribution in [0.1, 0.15) is 22.8 Å². The first-order chi connectivity index (χ1) is 13.5. The zero-order valence-electron chi connectivity index (χ0n) is 15.6. The average Bonchev–Trinajstić information content (AvgIpc) is 2.69. The van der Waals surface area contributed by atoms with Gasteiger partial charge in [0.15, 0.2) is 23.0 Å². The molecule has 2 N–H and O–H groups in total. The maximum atomic E-state index is 12.3. The molecule has 0 aliphatic rings. The Kier molecular flexibility index (Phi) is 7.88. The van der Waals surface area contributed by atoms with Gasteiger partial charge in [0.05, 0.1) is 24.4 Å². The minimum absolute atomic E-state index is 0.00842. The molecule has 7 nitrogen and oxygen atoms in total. The predicted octanol–water partition coefficient (Wildman–Crippen LogP) is 3.89. The highest BCUT2D eigenvalue weighted by molar-refractivity contribution is 9.10. The standard InChI is InChI=1S/C20H21BrN2O5/c1-4-8-28-16-7-6-14(11-17(16)27-5-2)20(25)23-22-12-13-9-15(21)19(24)18(10-13)26-3/h4,6-7,9-12,24H,1,5,8H2,2-3H3,(H,23,25)/b22-12+. The van der Waals surface area contributed by atoms with Crippen LogP contribution in [-0.2, 0) is 0 Å². The molecule has 0 aliphatic carbocycles. The molecule has 0 radical (unpaired) electrons. The van der Waals surface area contributed by atoms with E-state index in [9.17, 15) is 9.90 Å². The van der Waals surface area contributed by atoms with Gasteiger partial charge in [-0.1, -0.05) is 12.7 Å². The highest BCUT2D eigenvalue weighted by Crippen LogP contribution is 2.34. The zero-order valence-corrected chi connectivity index (χ0v) is 17.2. The number of nitrogens with zero attached hydrogens (tertiary/aromatic N) is 1. The largest absolute Gasteiger partial charge is 0.503 e. The number of phenols is 1. The van der Waals surface area contributed by atoms with E-state index in [1.54, 1.807) is 36.4 Å². The minimum atomic E-state index is -0.405. The molecule has 28 heavy (non-hydrogen) atoms. The lowest BCUT2D eigenvalue weighted by atomic mass is 10.2. The molecule has 0 fully saturated rings. The second kappa shape index (κ2) is 10.4. The molecule has 1 amide bonds. The molecule has 0 heterocycles. The van der Waals surface area contributed by atoms with Crippen LogP contribution < -0.4 is 19.6 Å². The van der Waals surface area contributed by atoms with Crippen LogP contribution in [0.25, 0.3) is 0 Å². The number of nitrogens with one attached hydrogen (secondary N) is 1. The summed E-state index contributed by atoms with van der Waals surface area (Å²) in [6, 6.07) is 8.11. The normalized spacial score (nSPS) is 10.5. The molecule has 0 spiro atoms. The summed E-state index contributed by atoms with van der Waals surface area (Å²) in [6.45, 7) is 6.22. The van der Waals surface area contributed by atoms with Gasteiger partial charge in [0, 0.05) is 5.56 Å². The van der Waals surface area contributed by atoms with Crippen LogP contribution in [0.2, 0.25) is 0 Å². The summed E-state index contributed by atoms with van der Waals surface area (Å²) < 4.78 is 16.6. The van der Waals surface area contributed by atoms with Crippen molar-refractivity contribution in [2.75, 3.05) is 20.3 Å². The molecule has 0 atom stereocenters. The van der Waals surface area contributed by atoms with E-state index in [2.05, 4.69) is 33.0 Å². The number of hydrogen-bond acceptors (Lipinski definition) is 6. The molecule has 2 rings (SSSR count). The first-order valence-corrected chi connectivity index (χ1v) is 9.19. The van der Waals surface area contributed by atoms with Crippen molar-refractivity contribution in [2.24, 2.45) is 5.10 Å². The number of ether oxygens (including phenoxy) is 3. The number of carbonyl (C=O) groups is 1. The highest BCUT2D eigenvalue weighted by atomic mass is 79.9. The molecular formula is C20H21BrN2O5. The Morgan fingerprint density at radius 3 is 2.71 bits per heavy atom. The van der Waals surface area contributed by atoms with Gasteiger partial charge in [-0.05, 0) is 58.7 Å². The number of amides is 1. The fraction of sp³-hybridized carbons (Fsp3) is 0.200. The van der Waals surface area contributed by atoms with Crippen LogP contribution in [0, 0.1) is 0 Å². The van der Waals surface area contributed by atoms with Gasteiger partial charge in [0.2, 0.25) is 0 Å². The third-order valence-corrected chi connectivity index (χ3v) is 4.12. The predicted molar refractivity (Wildman–Crippen MR) is 111 cm³/mol. The lowest BCUT2D eigenvalue weighted by Gasteiger charge is -2.12. The van der Waals surface area contributed by atoms with E-state index in [1.807, 2.05) is 6.92 Å². The van der Waals surface area contributed by atoms with Crippen molar-refractivity contribution in [3.63, 3.8) is 0 Å². The molecule has 0 bridgehead atoms. The second-order valence-electron chi connectivity index (χ2n) is 5.45. The summed E-state index contributed by atoms with van der Waals surface area (Å²) in [5, 5.41) is 13.8. The summed E-state index contributed by atoms with van der Waals surface area (Å²) in [7, 11) is 1.45. The van der Waals surface area contributed by atoms with Crippen molar-refractivity contribution < 1.29 is 24.1 Å². The average molecular weight is 449 g/mol. The quantitative estimate of drug-likeness (QED) is 0.345. The molecule has 0 aliphatic heterocycles. The van der Waals surface area contributed by atoms with Crippen LogP contribution >= 0.6 is 15.9 Å². The van der Waals surface area contributed by atoms with Crippen molar-refractivity contribution in [1.29, 1.82) is 0 Å². The fourth-order valence-electron chi connectivity index (χ4n) is 2.24. The SMILES string of the molecule is C=CCOc1ccc(C(=O)N/N=C/c2cc(Br)c(O)c(OC)c2)cc1OCC. The Balaban J connectivity index is 2.12. The number of hydrogen-bond donors (Lipinski definition) is 2. The number of phenolic OH excluding ortho intramolecular Hbond substituents is 1. The van der Waals surface area contributed by atoms with Crippen molar-refractivity contribution in [1.82, 2.24) is 5.43 Å². The third-order valence-electron chi connectivity index (χ3n) is 3.51. The number of halogens is 1. The van der Waals surface area contributed by atoms with Gasteiger partial charge in [-0.15, -0.1) is 0 Å². The molecule has 0 unspecified atom stereocenters. The molecule has 148 valence electrons. The summed E-state index contributed by atoms with van der Waals surface area (Å²) in [5.41, 5.74) is 3.45. The lowest BCUT2D eigenvalue weighted by molar-refractivity contribution is 0.0954. The first-order valence-electron chi connectivity index (χ1n) is 8.40. The van der Waals surface area contributed by atoms with Gasteiger partial charge in [0.1, 0.15) is 6.61 Å². The highest BCUT2D eigenvalue weighted by Gasteiger charge is 2.11. The molecule has 2 aromatic carbocycles. The molecular weight excluding hydrogens is 428 g/mol. The maximum absolute atomic E-state index is 12.3. The van der Waals surface area contributed by atoms with E-state index >= 15 is 0 Å². The van der Waals surface area contributed by atoms with Gasteiger partial charge in [-0.3, -0.25) is 4.79 Å². The fourth-order valence-corrected chi connectivity index (χ4v) is 2.70. The van der Waals surface area contributed by atoms with Gasteiger partial charge in [-0.25, -0.2) is 5.43 Å².